The topological polar surface area (TPSA) is 82.3 Å². The highest BCUT2D eigenvalue weighted by atomic mass is 32.2. The molecule has 0 amide bonds. The van der Waals surface area contributed by atoms with Gasteiger partial charge in [0.05, 0.1) is 30.1 Å². The number of nitrogens with zero attached hydrogens (tertiary/aromatic N) is 2. The van der Waals surface area contributed by atoms with E-state index < -0.39 is 10.0 Å². The zero-order chi connectivity index (χ0) is 14.4. The van der Waals surface area contributed by atoms with Crippen LogP contribution in [-0.4, -0.2) is 30.9 Å². The van der Waals surface area contributed by atoms with Gasteiger partial charge in [-0.15, -0.1) is 0 Å². The Hall–Kier alpha value is -1.96. The number of aryl methyl sites for hydroxylation is 2. The van der Waals surface area contributed by atoms with Gasteiger partial charge in [-0.2, -0.15) is 0 Å². The molecule has 104 valence electrons. The van der Waals surface area contributed by atoms with Crippen LogP contribution in [0.3, 0.4) is 0 Å². The van der Waals surface area contributed by atoms with E-state index in [1.54, 1.807) is 26.2 Å². The van der Waals surface area contributed by atoms with Gasteiger partial charge in [-0.25, -0.2) is 13.2 Å². The van der Waals surface area contributed by atoms with Crippen molar-refractivity contribution in [3.8, 4) is 5.75 Å². The first-order valence-corrected chi connectivity index (χ1v) is 7.35. The molecule has 1 heterocycles. The number of aromatic nitrogens is 2. The Morgan fingerprint density at radius 3 is 2.16 bits per heavy atom. The van der Waals surface area contributed by atoms with Crippen molar-refractivity contribution >= 4 is 26.7 Å². The van der Waals surface area contributed by atoms with E-state index in [-0.39, 0.29) is 5.69 Å². The number of benzene rings is 1. The second-order valence-corrected chi connectivity index (χ2v) is 6.06. The molecular weight excluding hydrogens is 270 g/mol. The maximum absolute atomic E-state index is 11.8. The fraction of sp³-hybridized carbons (Fsp3) is 0.364. The van der Waals surface area contributed by atoms with Crippen LogP contribution in [0.15, 0.2) is 16.9 Å². The minimum Gasteiger partial charge on any atom is -0.494 e. The number of sulfonamides is 1. The minimum absolute atomic E-state index is 0.187. The van der Waals surface area contributed by atoms with Crippen LogP contribution in [0.4, 0.5) is 5.69 Å². The number of ether oxygens (including phenoxy) is 1. The summed E-state index contributed by atoms with van der Waals surface area (Å²) in [4.78, 5) is 11.8. The van der Waals surface area contributed by atoms with E-state index in [2.05, 4.69) is 4.72 Å². The molecule has 8 heteroatoms. The van der Waals surface area contributed by atoms with Gasteiger partial charge in [0.25, 0.3) is 0 Å². The number of hydrogen-bond acceptors (Lipinski definition) is 4. The van der Waals surface area contributed by atoms with Crippen molar-refractivity contribution in [2.75, 3.05) is 18.1 Å². The smallest absolute Gasteiger partial charge is 0.328 e. The highest BCUT2D eigenvalue weighted by molar-refractivity contribution is 7.92. The molecule has 7 nitrogen and oxygen atoms in total. The number of imidazole rings is 1. The molecule has 0 aliphatic rings. The number of anilines is 1. The summed E-state index contributed by atoms with van der Waals surface area (Å²) >= 11 is 0. The van der Waals surface area contributed by atoms with Gasteiger partial charge in [0.15, 0.2) is 0 Å². The molecule has 1 N–H and O–H groups in total. The molecule has 0 aliphatic heterocycles. The molecule has 0 bridgehead atoms. The third kappa shape index (κ3) is 2.30. The quantitative estimate of drug-likeness (QED) is 0.876. The Balaban J connectivity index is 2.79. The summed E-state index contributed by atoms with van der Waals surface area (Å²) in [6.07, 6.45) is 1.06. The van der Waals surface area contributed by atoms with Crippen LogP contribution in [0.1, 0.15) is 0 Å². The molecule has 0 aliphatic carbocycles. The van der Waals surface area contributed by atoms with E-state index in [4.69, 9.17) is 4.74 Å². The third-order valence-electron chi connectivity index (χ3n) is 2.89. The number of rotatable bonds is 3. The summed E-state index contributed by atoms with van der Waals surface area (Å²) < 4.78 is 33.1. The van der Waals surface area contributed by atoms with Crippen LogP contribution in [0.5, 0.6) is 5.75 Å². The molecule has 0 spiro atoms. The average Bonchev–Trinajstić information content (AvgIpc) is 2.52. The summed E-state index contributed by atoms with van der Waals surface area (Å²) in [5.41, 5.74) is 1.41. The maximum atomic E-state index is 11.8. The van der Waals surface area contributed by atoms with Crippen LogP contribution >= 0.6 is 0 Å². The van der Waals surface area contributed by atoms with E-state index in [1.165, 1.54) is 16.2 Å². The predicted molar refractivity (Wildman–Crippen MR) is 73.2 cm³/mol. The Bertz CT molecular complexity index is 801. The van der Waals surface area contributed by atoms with Crippen LogP contribution in [0, 0.1) is 0 Å². The monoisotopic (exact) mass is 285 g/mol. The zero-order valence-electron chi connectivity index (χ0n) is 11.1. The molecular formula is C11H15N3O4S. The molecule has 1 aromatic carbocycles. The zero-order valence-corrected chi connectivity index (χ0v) is 11.9. The van der Waals surface area contributed by atoms with Crippen LogP contribution in [-0.2, 0) is 24.1 Å². The Labute approximate surface area is 110 Å². The van der Waals surface area contributed by atoms with Gasteiger partial charge in [-0.3, -0.25) is 13.9 Å². The van der Waals surface area contributed by atoms with E-state index in [0.29, 0.717) is 22.5 Å². The Morgan fingerprint density at radius 2 is 1.68 bits per heavy atom. The SMILES string of the molecule is COc1cc2c(cc1NS(C)(=O)=O)n(C)c(=O)n2C. The second kappa shape index (κ2) is 4.30. The fourth-order valence-corrected chi connectivity index (χ4v) is 2.53. The molecule has 0 saturated heterocycles. The van der Waals surface area contributed by atoms with Gasteiger partial charge in [0.2, 0.25) is 10.0 Å². The number of fused-ring (bicyclic) bond motifs is 1. The van der Waals surface area contributed by atoms with Crippen molar-refractivity contribution in [1.29, 1.82) is 0 Å². The number of methoxy groups -OCH3 is 1. The van der Waals surface area contributed by atoms with Crippen molar-refractivity contribution in [3.63, 3.8) is 0 Å². The summed E-state index contributed by atoms with van der Waals surface area (Å²) in [6, 6.07) is 3.21. The standard InChI is InChI=1S/C11H15N3O4S/c1-13-8-5-7(12-19(4,16)17)10(18-3)6-9(8)14(2)11(13)15/h5-6,12H,1-4H3. The summed E-state index contributed by atoms with van der Waals surface area (Å²) in [5.74, 6) is 0.360. The Kier molecular flexibility index (Phi) is 3.05. The van der Waals surface area contributed by atoms with Crippen molar-refractivity contribution in [2.24, 2.45) is 14.1 Å². The molecule has 0 atom stereocenters. The molecule has 2 aromatic rings. The molecule has 2 rings (SSSR count). The molecule has 0 unspecified atom stereocenters. The predicted octanol–water partition coefficient (Wildman–Crippen LogP) is 0.257. The van der Waals surface area contributed by atoms with Gasteiger partial charge in [0.1, 0.15) is 5.75 Å². The van der Waals surface area contributed by atoms with E-state index in [1.807, 2.05) is 0 Å². The highest BCUT2D eigenvalue weighted by Gasteiger charge is 2.14. The first kappa shape index (κ1) is 13.5. The van der Waals surface area contributed by atoms with E-state index >= 15 is 0 Å². The lowest BCUT2D eigenvalue weighted by molar-refractivity contribution is 0.417. The van der Waals surface area contributed by atoms with Gasteiger partial charge < -0.3 is 4.74 Å². The van der Waals surface area contributed by atoms with Gasteiger partial charge in [-0.05, 0) is 6.07 Å². The van der Waals surface area contributed by atoms with Gasteiger partial charge in [0, 0.05) is 20.2 Å². The molecule has 0 radical (unpaired) electrons. The summed E-state index contributed by atoms with van der Waals surface area (Å²) in [5, 5.41) is 0. The van der Waals surface area contributed by atoms with Gasteiger partial charge >= 0.3 is 5.69 Å². The first-order chi connectivity index (χ1) is 8.74. The Morgan fingerprint density at radius 1 is 1.16 bits per heavy atom. The highest BCUT2D eigenvalue weighted by Crippen LogP contribution is 2.30. The van der Waals surface area contributed by atoms with Crippen molar-refractivity contribution in [3.05, 3.63) is 22.6 Å². The molecule has 1 aromatic heterocycles. The third-order valence-corrected chi connectivity index (χ3v) is 3.48. The van der Waals surface area contributed by atoms with Gasteiger partial charge in [-0.1, -0.05) is 0 Å². The van der Waals surface area contributed by atoms with E-state index in [0.717, 1.165) is 6.26 Å². The van der Waals surface area contributed by atoms with Crippen LogP contribution < -0.4 is 15.1 Å². The van der Waals surface area contributed by atoms with Crippen LogP contribution in [0.2, 0.25) is 0 Å². The van der Waals surface area contributed by atoms with Crippen molar-refractivity contribution < 1.29 is 13.2 Å². The lowest BCUT2D eigenvalue weighted by Crippen LogP contribution is -2.19. The largest absolute Gasteiger partial charge is 0.494 e. The van der Waals surface area contributed by atoms with Crippen molar-refractivity contribution in [1.82, 2.24) is 9.13 Å². The lowest BCUT2D eigenvalue weighted by Gasteiger charge is -2.10. The molecule has 0 fully saturated rings. The maximum Gasteiger partial charge on any atom is 0.328 e. The molecule has 19 heavy (non-hydrogen) atoms. The fourth-order valence-electron chi connectivity index (χ4n) is 1.97. The van der Waals surface area contributed by atoms with Crippen molar-refractivity contribution in [2.45, 2.75) is 0 Å². The first-order valence-electron chi connectivity index (χ1n) is 5.46. The van der Waals surface area contributed by atoms with E-state index in [9.17, 15) is 13.2 Å². The summed E-state index contributed by atoms with van der Waals surface area (Å²) in [7, 11) is 1.29. The van der Waals surface area contributed by atoms with Crippen LogP contribution in [0.25, 0.3) is 11.0 Å². The molecule has 0 saturated carbocycles. The number of nitrogens with one attached hydrogen (secondary N) is 1. The lowest BCUT2D eigenvalue weighted by atomic mass is 10.2. The second-order valence-electron chi connectivity index (χ2n) is 4.32. The number of hydrogen-bond donors (Lipinski definition) is 1. The normalized spacial score (nSPS) is 11.8. The summed E-state index contributed by atoms with van der Waals surface area (Å²) in [6.45, 7) is 0. The minimum atomic E-state index is -3.42. The average molecular weight is 285 g/mol.